The summed E-state index contributed by atoms with van der Waals surface area (Å²) in [5.74, 6) is -0.922. The molecule has 0 aliphatic heterocycles. The van der Waals surface area contributed by atoms with Crippen LogP contribution in [0.5, 0.6) is 0 Å². The summed E-state index contributed by atoms with van der Waals surface area (Å²) in [6, 6.07) is 0. The average Bonchev–Trinajstić information content (AvgIpc) is 3.47. The van der Waals surface area contributed by atoms with Crippen molar-refractivity contribution < 1.29 is 28.6 Å². The molecule has 0 amide bonds. The number of hydrogen-bond acceptors (Lipinski definition) is 6. The van der Waals surface area contributed by atoms with E-state index in [0.29, 0.717) is 12.8 Å². The number of ether oxygens (including phenoxy) is 3. The fraction of sp³-hybridized carbons (Fsp3) is 0.724. The zero-order valence-corrected chi connectivity index (χ0v) is 54.0. The molecular formula is C76H130O6. The van der Waals surface area contributed by atoms with Crippen molar-refractivity contribution in [2.45, 2.75) is 341 Å². The second-order valence-electron chi connectivity index (χ2n) is 23.1. The van der Waals surface area contributed by atoms with Crippen LogP contribution in [0.3, 0.4) is 0 Å². The lowest BCUT2D eigenvalue weighted by atomic mass is 10.0. The van der Waals surface area contributed by atoms with E-state index in [-0.39, 0.29) is 37.5 Å². The van der Waals surface area contributed by atoms with Crippen LogP contribution in [0.1, 0.15) is 335 Å². The molecule has 0 aliphatic carbocycles. The Morgan fingerprint density at radius 1 is 0.256 bits per heavy atom. The van der Waals surface area contributed by atoms with Crippen LogP contribution in [-0.2, 0) is 28.6 Å². The fourth-order valence-electron chi connectivity index (χ4n) is 9.77. The van der Waals surface area contributed by atoms with Gasteiger partial charge >= 0.3 is 17.9 Å². The largest absolute Gasteiger partial charge is 0.462 e. The number of esters is 3. The summed E-state index contributed by atoms with van der Waals surface area (Å²) >= 11 is 0. The minimum Gasteiger partial charge on any atom is -0.462 e. The first-order valence-electron chi connectivity index (χ1n) is 34.9. The van der Waals surface area contributed by atoms with E-state index in [4.69, 9.17) is 14.2 Å². The summed E-state index contributed by atoms with van der Waals surface area (Å²) in [4.78, 5) is 38.5. The van der Waals surface area contributed by atoms with Gasteiger partial charge in [0, 0.05) is 19.3 Å². The number of rotatable bonds is 63. The second kappa shape index (κ2) is 69.6. The van der Waals surface area contributed by atoms with Crippen LogP contribution in [0.4, 0.5) is 0 Å². The zero-order chi connectivity index (χ0) is 59.2. The normalized spacial score (nSPS) is 12.8. The Hall–Kier alpha value is -3.93. The van der Waals surface area contributed by atoms with Crippen molar-refractivity contribution in [2.75, 3.05) is 13.2 Å². The number of hydrogen-bond donors (Lipinski definition) is 0. The van der Waals surface area contributed by atoms with E-state index in [1.165, 1.54) is 180 Å². The molecule has 0 fully saturated rings. The Bertz CT molecular complexity index is 1640. The summed E-state index contributed by atoms with van der Waals surface area (Å²) < 4.78 is 17.0. The van der Waals surface area contributed by atoms with Gasteiger partial charge in [0.1, 0.15) is 13.2 Å². The molecule has 82 heavy (non-hydrogen) atoms. The van der Waals surface area contributed by atoms with Gasteiger partial charge in [0.05, 0.1) is 0 Å². The van der Waals surface area contributed by atoms with Crippen molar-refractivity contribution in [1.82, 2.24) is 0 Å². The third kappa shape index (κ3) is 66.9. The van der Waals surface area contributed by atoms with Crippen LogP contribution in [0.15, 0.2) is 109 Å². The van der Waals surface area contributed by atoms with Gasteiger partial charge in [-0.3, -0.25) is 14.4 Å². The third-order valence-electron chi connectivity index (χ3n) is 15.0. The summed E-state index contributed by atoms with van der Waals surface area (Å²) in [7, 11) is 0. The van der Waals surface area contributed by atoms with Crippen molar-refractivity contribution in [3.63, 3.8) is 0 Å². The number of carbonyl (C=O) groups excluding carboxylic acids is 3. The first-order chi connectivity index (χ1) is 40.5. The lowest BCUT2D eigenvalue weighted by Crippen LogP contribution is -2.30. The van der Waals surface area contributed by atoms with Gasteiger partial charge in [-0.15, -0.1) is 0 Å². The van der Waals surface area contributed by atoms with E-state index >= 15 is 0 Å². The van der Waals surface area contributed by atoms with Crippen molar-refractivity contribution in [1.29, 1.82) is 0 Å². The maximum absolute atomic E-state index is 12.9. The van der Waals surface area contributed by atoms with E-state index in [2.05, 4.69) is 130 Å². The standard InChI is InChI=1S/C76H130O6/c1-4-7-10-13-16-19-22-25-28-31-34-35-36-37-38-39-40-41-43-45-48-51-54-57-60-63-66-69-75(78)81-72-73(71-80-74(77)68-65-62-59-56-53-50-47-44-33-30-27-24-21-18-15-12-9-6-3)82-76(79)70-67-64-61-58-55-52-49-46-42-32-29-26-23-20-17-14-11-8-5-2/h8,11,17,20-22,24-26,29-31,33-34,42,46,52,55,73H,4-7,9-10,12-16,18-19,23,27-28,32,35-41,43-45,47-51,53-54,56-72H2,1-3H3/b11-8-,20-17-,24-21-,25-22-,29-26-,33-30-,34-31-,46-42-,55-52-. The lowest BCUT2D eigenvalue weighted by molar-refractivity contribution is -0.167. The predicted octanol–water partition coefficient (Wildman–Crippen LogP) is 24.2. The molecule has 0 saturated heterocycles. The molecule has 0 aromatic rings. The Balaban J connectivity index is 4.38. The van der Waals surface area contributed by atoms with E-state index in [9.17, 15) is 14.4 Å². The molecule has 6 heteroatoms. The molecule has 6 nitrogen and oxygen atoms in total. The summed E-state index contributed by atoms with van der Waals surface area (Å²) in [6.07, 6.45) is 95.4. The molecule has 0 spiro atoms. The van der Waals surface area contributed by atoms with Crippen LogP contribution in [0.25, 0.3) is 0 Å². The maximum atomic E-state index is 12.9. The van der Waals surface area contributed by atoms with Crippen LogP contribution in [-0.4, -0.2) is 37.2 Å². The minimum absolute atomic E-state index is 0.0937. The molecule has 0 aliphatic rings. The maximum Gasteiger partial charge on any atom is 0.306 e. The van der Waals surface area contributed by atoms with Gasteiger partial charge in [-0.25, -0.2) is 0 Å². The van der Waals surface area contributed by atoms with E-state index in [1.807, 2.05) is 0 Å². The molecule has 0 rings (SSSR count). The van der Waals surface area contributed by atoms with Gasteiger partial charge in [-0.1, -0.05) is 297 Å². The highest BCUT2D eigenvalue weighted by Gasteiger charge is 2.19. The summed E-state index contributed by atoms with van der Waals surface area (Å²) in [6.45, 7) is 6.50. The molecule has 1 atom stereocenters. The van der Waals surface area contributed by atoms with Crippen molar-refractivity contribution in [3.8, 4) is 0 Å². The molecule has 0 N–H and O–H groups in total. The van der Waals surface area contributed by atoms with Gasteiger partial charge < -0.3 is 14.2 Å². The summed E-state index contributed by atoms with van der Waals surface area (Å²) in [5, 5.41) is 0. The van der Waals surface area contributed by atoms with Gasteiger partial charge in [0.2, 0.25) is 0 Å². The Morgan fingerprint density at radius 3 is 0.768 bits per heavy atom. The Kier molecular flexibility index (Phi) is 66.2. The molecule has 1 unspecified atom stereocenters. The molecular weight excluding hydrogens is 1010 g/mol. The molecule has 0 bridgehead atoms. The summed E-state index contributed by atoms with van der Waals surface area (Å²) in [5.41, 5.74) is 0. The van der Waals surface area contributed by atoms with Crippen LogP contribution in [0, 0.1) is 0 Å². The van der Waals surface area contributed by atoms with E-state index in [0.717, 1.165) is 116 Å². The Labute approximate surface area is 508 Å². The van der Waals surface area contributed by atoms with Gasteiger partial charge in [0.15, 0.2) is 6.10 Å². The van der Waals surface area contributed by atoms with Crippen molar-refractivity contribution in [2.24, 2.45) is 0 Å². The van der Waals surface area contributed by atoms with Crippen molar-refractivity contribution in [3.05, 3.63) is 109 Å². The third-order valence-corrected chi connectivity index (χ3v) is 15.0. The quantitative estimate of drug-likeness (QED) is 0.0261. The minimum atomic E-state index is -0.802. The van der Waals surface area contributed by atoms with Gasteiger partial charge in [0.25, 0.3) is 0 Å². The van der Waals surface area contributed by atoms with E-state index < -0.39 is 6.10 Å². The van der Waals surface area contributed by atoms with Crippen LogP contribution in [0.2, 0.25) is 0 Å². The number of allylic oxidation sites excluding steroid dienone is 18. The molecule has 0 aromatic heterocycles. The number of carbonyl (C=O) groups is 3. The van der Waals surface area contributed by atoms with Gasteiger partial charge in [-0.2, -0.15) is 0 Å². The first-order valence-corrected chi connectivity index (χ1v) is 34.9. The highest BCUT2D eigenvalue weighted by Crippen LogP contribution is 2.17. The van der Waals surface area contributed by atoms with E-state index in [1.54, 1.807) is 0 Å². The predicted molar refractivity (Wildman–Crippen MR) is 357 cm³/mol. The Morgan fingerprint density at radius 2 is 0.476 bits per heavy atom. The van der Waals surface area contributed by atoms with Crippen LogP contribution >= 0.6 is 0 Å². The van der Waals surface area contributed by atoms with Gasteiger partial charge in [-0.05, 0) is 128 Å². The lowest BCUT2D eigenvalue weighted by Gasteiger charge is -2.18. The van der Waals surface area contributed by atoms with Crippen LogP contribution < -0.4 is 0 Å². The SMILES string of the molecule is CC/C=C\C/C=C\C/C=C\C/C=C\C/C=C\CCCCCC(=O)OC(COC(=O)CCCCCCCCC/C=C\C/C=C\CCCCCC)COC(=O)CCCCCCCCCCCCCCCCC/C=C\C/C=C\CCCCCCC. The number of unbranched alkanes of at least 4 members (excludes halogenated alkanes) is 34. The fourth-order valence-corrected chi connectivity index (χ4v) is 9.77. The molecule has 470 valence electrons. The smallest absolute Gasteiger partial charge is 0.306 e. The molecule has 0 aromatic carbocycles. The molecule has 0 heterocycles. The van der Waals surface area contributed by atoms with Crippen molar-refractivity contribution >= 4 is 17.9 Å². The first kappa shape index (κ1) is 78.1. The molecule has 0 saturated carbocycles. The second-order valence-corrected chi connectivity index (χ2v) is 23.1. The monoisotopic (exact) mass is 1140 g/mol. The topological polar surface area (TPSA) is 78.9 Å². The molecule has 0 radical (unpaired) electrons. The highest BCUT2D eigenvalue weighted by molar-refractivity contribution is 5.71. The highest BCUT2D eigenvalue weighted by atomic mass is 16.6. The zero-order valence-electron chi connectivity index (χ0n) is 54.0. The average molecular weight is 1140 g/mol.